The topological polar surface area (TPSA) is 52.0 Å². The van der Waals surface area contributed by atoms with Crippen LogP contribution in [0.25, 0.3) is 11.1 Å². The monoisotopic (exact) mass is 268 g/mol. The van der Waals surface area contributed by atoms with E-state index in [9.17, 15) is 0 Å². The van der Waals surface area contributed by atoms with Crippen LogP contribution in [0.5, 0.6) is 0 Å². The molecule has 0 unspecified atom stereocenters. The third kappa shape index (κ3) is 2.79. The predicted octanol–water partition coefficient (Wildman–Crippen LogP) is 4.76. The molecule has 0 radical (unpaired) electrons. The molecule has 0 heterocycles. The Hall–Kier alpha value is -1.96. The molecule has 20 heavy (non-hydrogen) atoms. The maximum Gasteiger partial charge on any atom is 0.0627 e. The van der Waals surface area contributed by atoms with Crippen molar-refractivity contribution in [2.75, 3.05) is 11.5 Å². The highest BCUT2D eigenvalue weighted by Crippen LogP contribution is 2.34. The first-order chi connectivity index (χ1) is 9.40. The standard InChI is InChI=1S/C18H24N2/c1-11(2)13-8-14(12(3)4)10-15(9-13)16-6-5-7-17(19)18(16)20/h5-12H,19-20H2,1-4H3. The molecule has 0 aliphatic rings. The quantitative estimate of drug-likeness (QED) is 0.788. The van der Waals surface area contributed by atoms with Crippen LogP contribution >= 0.6 is 0 Å². The van der Waals surface area contributed by atoms with Crippen molar-refractivity contribution in [3.8, 4) is 11.1 Å². The second-order valence-corrected chi connectivity index (χ2v) is 6.01. The van der Waals surface area contributed by atoms with Crippen molar-refractivity contribution in [1.82, 2.24) is 0 Å². The van der Waals surface area contributed by atoms with Gasteiger partial charge in [-0.15, -0.1) is 0 Å². The Bertz CT molecular complexity index is 587. The molecule has 0 aliphatic heterocycles. The second kappa shape index (κ2) is 5.58. The summed E-state index contributed by atoms with van der Waals surface area (Å²) in [5.41, 5.74) is 18.2. The summed E-state index contributed by atoms with van der Waals surface area (Å²) in [6.07, 6.45) is 0. The molecule has 4 N–H and O–H groups in total. The molecule has 0 aromatic heterocycles. The number of nitrogens with two attached hydrogens (primary N) is 2. The van der Waals surface area contributed by atoms with Gasteiger partial charge in [-0.2, -0.15) is 0 Å². The van der Waals surface area contributed by atoms with E-state index in [0.29, 0.717) is 23.2 Å². The molecular formula is C18H24N2. The zero-order chi connectivity index (χ0) is 14.9. The molecule has 0 bridgehead atoms. The lowest BCUT2D eigenvalue weighted by Gasteiger charge is -2.16. The SMILES string of the molecule is CC(C)c1cc(-c2cccc(N)c2N)cc(C(C)C)c1. The number of benzene rings is 2. The van der Waals surface area contributed by atoms with E-state index in [-0.39, 0.29) is 0 Å². The fraction of sp³-hybridized carbons (Fsp3) is 0.333. The van der Waals surface area contributed by atoms with Crippen LogP contribution in [0.4, 0.5) is 11.4 Å². The highest BCUT2D eigenvalue weighted by molar-refractivity contribution is 5.84. The minimum atomic E-state index is 0.495. The van der Waals surface area contributed by atoms with Gasteiger partial charge in [-0.3, -0.25) is 0 Å². The minimum absolute atomic E-state index is 0.495. The van der Waals surface area contributed by atoms with Crippen LogP contribution in [0.3, 0.4) is 0 Å². The highest BCUT2D eigenvalue weighted by atomic mass is 14.7. The van der Waals surface area contributed by atoms with Crippen molar-refractivity contribution >= 4 is 11.4 Å². The van der Waals surface area contributed by atoms with Gasteiger partial charge in [-0.1, -0.05) is 58.0 Å². The zero-order valence-electron chi connectivity index (χ0n) is 12.8. The van der Waals surface area contributed by atoms with Gasteiger partial charge in [0, 0.05) is 5.56 Å². The molecule has 0 fully saturated rings. The summed E-state index contributed by atoms with van der Waals surface area (Å²) in [5.74, 6) is 0.990. The van der Waals surface area contributed by atoms with Crippen molar-refractivity contribution in [2.45, 2.75) is 39.5 Å². The average Bonchev–Trinajstić information content (AvgIpc) is 2.41. The van der Waals surface area contributed by atoms with E-state index in [1.807, 2.05) is 18.2 Å². The predicted molar refractivity (Wildman–Crippen MR) is 88.9 cm³/mol. The van der Waals surface area contributed by atoms with Crippen molar-refractivity contribution in [1.29, 1.82) is 0 Å². The first-order valence-electron chi connectivity index (χ1n) is 7.19. The van der Waals surface area contributed by atoms with Gasteiger partial charge in [0.05, 0.1) is 11.4 Å². The van der Waals surface area contributed by atoms with Gasteiger partial charge < -0.3 is 11.5 Å². The lowest BCUT2D eigenvalue weighted by Crippen LogP contribution is -1.99. The molecule has 2 rings (SSSR count). The molecule has 0 amide bonds. The number of hydrogen-bond acceptors (Lipinski definition) is 2. The van der Waals surface area contributed by atoms with Gasteiger partial charge in [0.15, 0.2) is 0 Å². The van der Waals surface area contributed by atoms with Gasteiger partial charge in [-0.05, 0) is 34.6 Å². The van der Waals surface area contributed by atoms with Crippen LogP contribution in [0.1, 0.15) is 50.7 Å². The Morgan fingerprint density at radius 2 is 1.35 bits per heavy atom. The van der Waals surface area contributed by atoms with E-state index in [4.69, 9.17) is 11.5 Å². The van der Waals surface area contributed by atoms with Crippen molar-refractivity contribution in [3.05, 3.63) is 47.5 Å². The second-order valence-electron chi connectivity index (χ2n) is 6.01. The summed E-state index contributed by atoms with van der Waals surface area (Å²) in [7, 11) is 0. The van der Waals surface area contributed by atoms with Gasteiger partial charge in [-0.25, -0.2) is 0 Å². The Labute approximate surface area is 121 Å². The third-order valence-corrected chi connectivity index (χ3v) is 3.76. The minimum Gasteiger partial charge on any atom is -0.397 e. The van der Waals surface area contributed by atoms with E-state index < -0.39 is 0 Å². The lowest BCUT2D eigenvalue weighted by atomic mass is 9.90. The van der Waals surface area contributed by atoms with Crippen molar-refractivity contribution in [3.63, 3.8) is 0 Å². The summed E-state index contributed by atoms with van der Waals surface area (Å²) in [6.45, 7) is 8.86. The molecule has 0 saturated heterocycles. The van der Waals surface area contributed by atoms with Crippen LogP contribution in [0.2, 0.25) is 0 Å². The van der Waals surface area contributed by atoms with Crippen LogP contribution in [-0.2, 0) is 0 Å². The zero-order valence-corrected chi connectivity index (χ0v) is 12.8. The molecule has 0 atom stereocenters. The molecule has 2 aromatic rings. The van der Waals surface area contributed by atoms with Crippen LogP contribution in [-0.4, -0.2) is 0 Å². The first kappa shape index (κ1) is 14.4. The van der Waals surface area contributed by atoms with E-state index in [0.717, 1.165) is 11.1 Å². The Kier molecular flexibility index (Phi) is 4.03. The molecule has 0 spiro atoms. The van der Waals surface area contributed by atoms with Crippen LogP contribution in [0, 0.1) is 0 Å². The van der Waals surface area contributed by atoms with Crippen molar-refractivity contribution < 1.29 is 0 Å². The fourth-order valence-corrected chi connectivity index (χ4v) is 2.33. The Morgan fingerprint density at radius 3 is 1.85 bits per heavy atom. The van der Waals surface area contributed by atoms with Crippen molar-refractivity contribution in [2.24, 2.45) is 0 Å². The molecule has 2 aromatic carbocycles. The number of hydrogen-bond donors (Lipinski definition) is 2. The average molecular weight is 268 g/mol. The van der Waals surface area contributed by atoms with Gasteiger partial charge in [0.2, 0.25) is 0 Å². The summed E-state index contributed by atoms with van der Waals surface area (Å²) < 4.78 is 0. The van der Waals surface area contributed by atoms with E-state index >= 15 is 0 Å². The maximum absolute atomic E-state index is 6.14. The van der Waals surface area contributed by atoms with E-state index in [2.05, 4.69) is 45.9 Å². The fourth-order valence-electron chi connectivity index (χ4n) is 2.33. The van der Waals surface area contributed by atoms with E-state index in [1.165, 1.54) is 11.1 Å². The normalized spacial score (nSPS) is 11.3. The molecule has 2 heteroatoms. The Morgan fingerprint density at radius 1 is 0.800 bits per heavy atom. The van der Waals surface area contributed by atoms with Crippen LogP contribution in [0.15, 0.2) is 36.4 Å². The number of anilines is 2. The maximum atomic E-state index is 6.14. The van der Waals surface area contributed by atoms with Gasteiger partial charge >= 0.3 is 0 Å². The molecule has 106 valence electrons. The van der Waals surface area contributed by atoms with Crippen LogP contribution < -0.4 is 11.5 Å². The smallest absolute Gasteiger partial charge is 0.0627 e. The summed E-state index contributed by atoms with van der Waals surface area (Å²) in [4.78, 5) is 0. The first-order valence-corrected chi connectivity index (χ1v) is 7.19. The molecule has 2 nitrogen and oxygen atoms in total. The van der Waals surface area contributed by atoms with E-state index in [1.54, 1.807) is 0 Å². The highest BCUT2D eigenvalue weighted by Gasteiger charge is 2.11. The Balaban J connectivity index is 2.64. The lowest BCUT2D eigenvalue weighted by molar-refractivity contribution is 0.834. The number of nitrogen functional groups attached to an aromatic ring is 2. The summed E-state index contributed by atoms with van der Waals surface area (Å²) >= 11 is 0. The summed E-state index contributed by atoms with van der Waals surface area (Å²) in [6, 6.07) is 12.6. The van der Waals surface area contributed by atoms with Gasteiger partial charge in [0.1, 0.15) is 0 Å². The summed E-state index contributed by atoms with van der Waals surface area (Å²) in [5, 5.41) is 0. The molecule has 0 aliphatic carbocycles. The molecular weight excluding hydrogens is 244 g/mol. The largest absolute Gasteiger partial charge is 0.397 e. The molecule has 0 saturated carbocycles. The van der Waals surface area contributed by atoms with Gasteiger partial charge in [0.25, 0.3) is 0 Å². The number of para-hydroxylation sites is 1. The third-order valence-electron chi connectivity index (χ3n) is 3.76. The number of rotatable bonds is 3.